The number of amides is 2. The average Bonchev–Trinajstić information content (AvgIpc) is 2.80. The third-order valence-corrected chi connectivity index (χ3v) is 4.54. The van der Waals surface area contributed by atoms with E-state index >= 15 is 0 Å². The van der Waals surface area contributed by atoms with Gasteiger partial charge in [0.25, 0.3) is 5.91 Å². The molecule has 0 fully saturated rings. The number of nitrogens with one attached hydrogen (secondary N) is 2. The Morgan fingerprint density at radius 2 is 1.22 bits per heavy atom. The lowest BCUT2D eigenvalue weighted by Crippen LogP contribution is -2.30. The lowest BCUT2D eigenvalue weighted by molar-refractivity contribution is -0.122. The molecule has 5 nitrogen and oxygen atoms in total. The molecule has 2 amide bonds. The third kappa shape index (κ3) is 6.99. The summed E-state index contributed by atoms with van der Waals surface area (Å²) >= 11 is 0. The van der Waals surface area contributed by atoms with Gasteiger partial charge in [0, 0.05) is 18.3 Å². The number of benzene rings is 4. The molecule has 0 radical (unpaired) electrons. The minimum Gasteiger partial charge on any atom is -0.481 e. The molecule has 0 saturated heterocycles. The van der Waals surface area contributed by atoms with Crippen molar-refractivity contribution in [3.63, 3.8) is 0 Å². The van der Waals surface area contributed by atoms with E-state index in [1.54, 1.807) is 6.92 Å². The van der Waals surface area contributed by atoms with Crippen molar-refractivity contribution >= 4 is 34.0 Å². The van der Waals surface area contributed by atoms with Crippen LogP contribution >= 0.6 is 0 Å². The Hall–Kier alpha value is -4.12. The highest BCUT2D eigenvalue weighted by Crippen LogP contribution is 2.21. The molecule has 1 atom stereocenters. The number of carbonyl (C=O) groups excluding carboxylic acids is 2. The summed E-state index contributed by atoms with van der Waals surface area (Å²) in [6.45, 7) is 3.24. The lowest BCUT2D eigenvalue weighted by atomic mass is 10.1. The molecule has 2 N–H and O–H groups in total. The van der Waals surface area contributed by atoms with Crippen molar-refractivity contribution in [1.82, 2.24) is 0 Å². The van der Waals surface area contributed by atoms with Gasteiger partial charge < -0.3 is 15.4 Å². The third-order valence-electron chi connectivity index (χ3n) is 4.54. The van der Waals surface area contributed by atoms with Gasteiger partial charge in [0.1, 0.15) is 5.75 Å². The van der Waals surface area contributed by atoms with Crippen LogP contribution in [0.25, 0.3) is 10.8 Å². The Kier molecular flexibility index (Phi) is 7.98. The fourth-order valence-corrected chi connectivity index (χ4v) is 2.99. The standard InChI is InChI=1S/C19H17NO2.C8H9NO/c1-14(19(21)20-17-9-3-2-4-10-17)22-18-12-11-15-7-5-6-8-16(15)13-18;1-7(10)9-8-5-3-2-4-6-8/h2-14H,1H3,(H,20,21);2-6H,1H3,(H,9,10). The van der Waals surface area contributed by atoms with E-state index in [2.05, 4.69) is 10.6 Å². The van der Waals surface area contributed by atoms with Gasteiger partial charge in [-0.25, -0.2) is 0 Å². The van der Waals surface area contributed by atoms with Gasteiger partial charge in [0.15, 0.2) is 6.10 Å². The monoisotopic (exact) mass is 426 g/mol. The van der Waals surface area contributed by atoms with E-state index in [0.717, 1.165) is 22.1 Å². The van der Waals surface area contributed by atoms with Gasteiger partial charge in [-0.2, -0.15) is 0 Å². The highest BCUT2D eigenvalue weighted by atomic mass is 16.5. The molecular weight excluding hydrogens is 400 g/mol. The van der Waals surface area contributed by atoms with Crippen LogP contribution < -0.4 is 15.4 Å². The molecule has 0 aliphatic rings. The molecule has 162 valence electrons. The Balaban J connectivity index is 0.000000243. The normalized spacial score (nSPS) is 10.9. The number of rotatable bonds is 5. The van der Waals surface area contributed by atoms with Gasteiger partial charge in [0.05, 0.1) is 0 Å². The number of ether oxygens (including phenoxy) is 1. The molecule has 4 aromatic rings. The SMILES string of the molecule is CC(=O)Nc1ccccc1.CC(Oc1ccc2ccccc2c1)C(=O)Nc1ccccc1. The molecule has 1 unspecified atom stereocenters. The maximum absolute atomic E-state index is 12.1. The highest BCUT2D eigenvalue weighted by molar-refractivity contribution is 5.94. The fraction of sp³-hybridized carbons (Fsp3) is 0.111. The molecule has 0 aliphatic carbocycles. The molecule has 4 rings (SSSR count). The summed E-state index contributed by atoms with van der Waals surface area (Å²) in [6.07, 6.45) is -0.568. The van der Waals surface area contributed by atoms with Crippen LogP contribution in [0.3, 0.4) is 0 Å². The summed E-state index contributed by atoms with van der Waals surface area (Å²) < 4.78 is 5.74. The molecule has 0 aromatic heterocycles. The van der Waals surface area contributed by atoms with Crippen LogP contribution in [0.5, 0.6) is 5.75 Å². The summed E-state index contributed by atoms with van der Waals surface area (Å²) in [5.41, 5.74) is 1.61. The van der Waals surface area contributed by atoms with Crippen LogP contribution in [-0.4, -0.2) is 17.9 Å². The van der Waals surface area contributed by atoms with Crippen molar-refractivity contribution in [2.45, 2.75) is 20.0 Å². The Bertz CT molecular complexity index is 1160. The van der Waals surface area contributed by atoms with Crippen molar-refractivity contribution in [1.29, 1.82) is 0 Å². The molecule has 0 heterocycles. The zero-order valence-electron chi connectivity index (χ0n) is 18.1. The van der Waals surface area contributed by atoms with Crippen molar-refractivity contribution in [2.24, 2.45) is 0 Å². The zero-order chi connectivity index (χ0) is 22.8. The fourth-order valence-electron chi connectivity index (χ4n) is 2.99. The predicted octanol–water partition coefficient (Wildman–Crippen LogP) is 5.89. The first-order chi connectivity index (χ1) is 15.5. The largest absolute Gasteiger partial charge is 0.481 e. The van der Waals surface area contributed by atoms with Crippen LogP contribution in [0.2, 0.25) is 0 Å². The topological polar surface area (TPSA) is 67.4 Å². The van der Waals surface area contributed by atoms with E-state index < -0.39 is 6.10 Å². The smallest absolute Gasteiger partial charge is 0.265 e. The summed E-state index contributed by atoms with van der Waals surface area (Å²) in [5.74, 6) is 0.486. The van der Waals surface area contributed by atoms with Gasteiger partial charge >= 0.3 is 0 Å². The second-order valence-corrected chi connectivity index (χ2v) is 7.17. The summed E-state index contributed by atoms with van der Waals surface area (Å²) in [4.78, 5) is 22.6. The Labute approximate surface area is 188 Å². The summed E-state index contributed by atoms with van der Waals surface area (Å²) in [7, 11) is 0. The molecule has 0 spiro atoms. The number of hydrogen-bond acceptors (Lipinski definition) is 3. The lowest BCUT2D eigenvalue weighted by Gasteiger charge is -2.15. The van der Waals surface area contributed by atoms with Crippen LogP contribution in [0.4, 0.5) is 11.4 Å². The quantitative estimate of drug-likeness (QED) is 0.418. The van der Waals surface area contributed by atoms with Gasteiger partial charge in [-0.3, -0.25) is 9.59 Å². The van der Waals surface area contributed by atoms with E-state index in [4.69, 9.17) is 4.74 Å². The summed E-state index contributed by atoms with van der Waals surface area (Å²) in [6, 6.07) is 32.6. The first-order valence-electron chi connectivity index (χ1n) is 10.4. The molecule has 0 saturated carbocycles. The molecule has 32 heavy (non-hydrogen) atoms. The summed E-state index contributed by atoms with van der Waals surface area (Å²) in [5, 5.41) is 7.74. The molecular formula is C27H26N2O3. The van der Waals surface area contributed by atoms with E-state index in [-0.39, 0.29) is 11.8 Å². The Morgan fingerprint density at radius 1 is 0.688 bits per heavy atom. The first kappa shape index (κ1) is 22.6. The van der Waals surface area contributed by atoms with Crippen LogP contribution in [0, 0.1) is 0 Å². The van der Waals surface area contributed by atoms with Crippen LogP contribution in [0.1, 0.15) is 13.8 Å². The predicted molar refractivity (Wildman–Crippen MR) is 130 cm³/mol. The van der Waals surface area contributed by atoms with Crippen molar-refractivity contribution in [3.8, 4) is 5.75 Å². The van der Waals surface area contributed by atoms with Gasteiger partial charge in [-0.05, 0) is 54.1 Å². The van der Waals surface area contributed by atoms with Gasteiger partial charge in [-0.1, -0.05) is 66.7 Å². The number of para-hydroxylation sites is 2. The van der Waals surface area contributed by atoms with Crippen molar-refractivity contribution in [3.05, 3.63) is 103 Å². The molecule has 0 bridgehead atoms. The maximum atomic E-state index is 12.1. The molecule has 4 aromatic carbocycles. The molecule has 0 aliphatic heterocycles. The number of hydrogen-bond donors (Lipinski definition) is 2. The second kappa shape index (κ2) is 11.3. The van der Waals surface area contributed by atoms with Crippen molar-refractivity contribution < 1.29 is 14.3 Å². The number of fused-ring (bicyclic) bond motifs is 1. The van der Waals surface area contributed by atoms with E-state index in [0.29, 0.717) is 5.75 Å². The Morgan fingerprint density at radius 3 is 1.81 bits per heavy atom. The van der Waals surface area contributed by atoms with E-state index in [1.165, 1.54) is 6.92 Å². The first-order valence-corrected chi connectivity index (χ1v) is 10.4. The minimum atomic E-state index is -0.568. The zero-order valence-corrected chi connectivity index (χ0v) is 18.1. The second-order valence-electron chi connectivity index (χ2n) is 7.17. The van der Waals surface area contributed by atoms with Crippen LogP contribution in [0.15, 0.2) is 103 Å². The van der Waals surface area contributed by atoms with E-state index in [9.17, 15) is 9.59 Å². The number of anilines is 2. The minimum absolute atomic E-state index is 0.0359. The van der Waals surface area contributed by atoms with Crippen molar-refractivity contribution in [2.75, 3.05) is 10.6 Å². The maximum Gasteiger partial charge on any atom is 0.265 e. The average molecular weight is 427 g/mol. The highest BCUT2D eigenvalue weighted by Gasteiger charge is 2.14. The van der Waals surface area contributed by atoms with Gasteiger partial charge in [0.2, 0.25) is 5.91 Å². The molecule has 5 heteroatoms. The number of carbonyl (C=O) groups is 2. The van der Waals surface area contributed by atoms with E-state index in [1.807, 2.05) is 103 Å². The van der Waals surface area contributed by atoms with Crippen LogP contribution in [-0.2, 0) is 9.59 Å². The van der Waals surface area contributed by atoms with Gasteiger partial charge in [-0.15, -0.1) is 0 Å².